The largest absolute Gasteiger partial charge is 0.497 e. The molecule has 1 aromatic rings. The van der Waals surface area contributed by atoms with Crippen LogP contribution in [0.5, 0.6) is 5.75 Å². The quantitative estimate of drug-likeness (QED) is 0.862. The number of benzene rings is 1. The van der Waals surface area contributed by atoms with Crippen molar-refractivity contribution < 1.29 is 19.1 Å². The fourth-order valence-electron chi connectivity index (χ4n) is 3.83. The maximum atomic E-state index is 12.9. The molecule has 1 aliphatic heterocycles. The summed E-state index contributed by atoms with van der Waals surface area (Å²) in [5, 5.41) is 0.926. The number of rotatable bonds is 3. The lowest BCUT2D eigenvalue weighted by atomic mass is 9.63. The normalized spacial score (nSPS) is 28.0. The standard InChI is InChI=1S/C18H22N2O4/c1-17(2)13-9-10-18(17,3)16(23)20(15(13)22)19-14(21)11-5-7-12(24-4)8-6-11/h5-8,13H,9-10H2,1-4H3,(H,19,21)/t13-,18+/m1/s1. The molecule has 2 atom stereocenters. The summed E-state index contributed by atoms with van der Waals surface area (Å²) in [5.41, 5.74) is 1.81. The van der Waals surface area contributed by atoms with Gasteiger partial charge in [0.05, 0.1) is 12.5 Å². The van der Waals surface area contributed by atoms with Crippen molar-refractivity contribution in [2.24, 2.45) is 16.7 Å². The number of carbonyl (C=O) groups excluding carboxylic acids is 3. The molecule has 6 nitrogen and oxygen atoms in total. The summed E-state index contributed by atoms with van der Waals surface area (Å²) in [7, 11) is 1.54. The number of nitrogens with one attached hydrogen (secondary N) is 1. The summed E-state index contributed by atoms with van der Waals surface area (Å²) in [6.45, 7) is 5.81. The maximum Gasteiger partial charge on any atom is 0.270 e. The predicted molar refractivity (Wildman–Crippen MR) is 86.9 cm³/mol. The number of hydrazine groups is 1. The Bertz CT molecular complexity index is 710. The lowest BCUT2D eigenvalue weighted by molar-refractivity contribution is -0.171. The second-order valence-electron chi connectivity index (χ2n) is 7.29. The number of piperidine rings is 1. The highest BCUT2D eigenvalue weighted by Crippen LogP contribution is 2.59. The van der Waals surface area contributed by atoms with E-state index in [1.807, 2.05) is 20.8 Å². The molecule has 2 aliphatic rings. The molecule has 1 N–H and O–H groups in total. The third-order valence-corrected chi connectivity index (χ3v) is 5.99. The molecule has 0 radical (unpaired) electrons. The molecule has 24 heavy (non-hydrogen) atoms. The minimum absolute atomic E-state index is 0.253. The van der Waals surface area contributed by atoms with Crippen LogP contribution in [-0.4, -0.2) is 29.8 Å². The van der Waals surface area contributed by atoms with Crippen molar-refractivity contribution in [3.05, 3.63) is 29.8 Å². The van der Waals surface area contributed by atoms with Gasteiger partial charge in [0, 0.05) is 11.5 Å². The van der Waals surface area contributed by atoms with Gasteiger partial charge in [0.1, 0.15) is 5.75 Å². The van der Waals surface area contributed by atoms with Crippen molar-refractivity contribution in [3.8, 4) is 5.75 Å². The van der Waals surface area contributed by atoms with E-state index in [4.69, 9.17) is 4.74 Å². The third kappa shape index (κ3) is 2.12. The second kappa shape index (κ2) is 5.33. The van der Waals surface area contributed by atoms with Crippen LogP contribution in [0.3, 0.4) is 0 Å². The van der Waals surface area contributed by atoms with Gasteiger partial charge in [-0.15, -0.1) is 0 Å². The predicted octanol–water partition coefficient (Wildman–Crippen LogP) is 2.15. The van der Waals surface area contributed by atoms with Gasteiger partial charge in [-0.25, -0.2) is 0 Å². The zero-order valence-electron chi connectivity index (χ0n) is 14.4. The fourth-order valence-corrected chi connectivity index (χ4v) is 3.83. The number of methoxy groups -OCH3 is 1. The van der Waals surface area contributed by atoms with Crippen molar-refractivity contribution >= 4 is 17.7 Å². The molecule has 2 fully saturated rings. The molecule has 3 rings (SSSR count). The number of hydrogen-bond donors (Lipinski definition) is 1. The summed E-state index contributed by atoms with van der Waals surface area (Å²) >= 11 is 0. The van der Waals surface area contributed by atoms with Gasteiger partial charge in [-0.05, 0) is 42.5 Å². The summed E-state index contributed by atoms with van der Waals surface area (Å²) < 4.78 is 5.06. The third-order valence-electron chi connectivity index (χ3n) is 5.99. The average molecular weight is 330 g/mol. The molecule has 3 amide bonds. The molecule has 0 unspecified atom stereocenters. The maximum absolute atomic E-state index is 12.9. The lowest BCUT2D eigenvalue weighted by Crippen LogP contribution is -2.63. The van der Waals surface area contributed by atoms with E-state index >= 15 is 0 Å². The first-order valence-corrected chi connectivity index (χ1v) is 8.06. The van der Waals surface area contributed by atoms with Crippen molar-refractivity contribution in [1.29, 1.82) is 0 Å². The molecule has 128 valence electrons. The zero-order valence-corrected chi connectivity index (χ0v) is 14.4. The number of ether oxygens (including phenoxy) is 1. The van der Waals surface area contributed by atoms with E-state index in [1.165, 1.54) is 0 Å². The molecule has 2 bridgehead atoms. The minimum atomic E-state index is -0.640. The Kier molecular flexibility index (Phi) is 3.66. The number of amides is 3. The van der Waals surface area contributed by atoms with E-state index in [1.54, 1.807) is 31.4 Å². The zero-order chi connectivity index (χ0) is 17.7. The molecular formula is C18H22N2O4. The molecule has 1 aliphatic carbocycles. The van der Waals surface area contributed by atoms with Crippen LogP contribution >= 0.6 is 0 Å². The summed E-state index contributed by atoms with van der Waals surface area (Å²) in [4.78, 5) is 38.0. The SMILES string of the molecule is COc1ccc(C(=O)NN2C(=O)[C@H]3CC[C@@](C)(C2=O)C3(C)C)cc1. The number of carbonyl (C=O) groups is 3. The van der Waals surface area contributed by atoms with Crippen molar-refractivity contribution in [1.82, 2.24) is 10.4 Å². The number of nitrogens with zero attached hydrogens (tertiary/aromatic N) is 1. The highest BCUT2D eigenvalue weighted by atomic mass is 16.5. The van der Waals surface area contributed by atoms with E-state index in [-0.39, 0.29) is 17.7 Å². The molecule has 0 spiro atoms. The smallest absolute Gasteiger partial charge is 0.270 e. The average Bonchev–Trinajstić information content (AvgIpc) is 2.76. The van der Waals surface area contributed by atoms with E-state index < -0.39 is 16.7 Å². The van der Waals surface area contributed by atoms with E-state index in [2.05, 4.69) is 5.43 Å². The monoisotopic (exact) mass is 330 g/mol. The van der Waals surface area contributed by atoms with Crippen molar-refractivity contribution in [2.75, 3.05) is 7.11 Å². The van der Waals surface area contributed by atoms with Crippen LogP contribution in [0, 0.1) is 16.7 Å². The Balaban J connectivity index is 1.84. The van der Waals surface area contributed by atoms with Gasteiger partial charge in [-0.2, -0.15) is 5.01 Å². The summed E-state index contributed by atoms with van der Waals surface area (Å²) in [5.74, 6) is -0.752. The van der Waals surface area contributed by atoms with Gasteiger partial charge in [0.25, 0.3) is 17.7 Å². The van der Waals surface area contributed by atoms with Crippen LogP contribution in [-0.2, 0) is 9.59 Å². The van der Waals surface area contributed by atoms with E-state index in [9.17, 15) is 14.4 Å². The van der Waals surface area contributed by atoms with Crippen LogP contribution in [0.15, 0.2) is 24.3 Å². The van der Waals surface area contributed by atoms with Gasteiger partial charge in [-0.1, -0.05) is 20.8 Å². The Morgan fingerprint density at radius 3 is 2.42 bits per heavy atom. The molecule has 1 saturated carbocycles. The summed E-state index contributed by atoms with van der Waals surface area (Å²) in [6.07, 6.45) is 1.33. The van der Waals surface area contributed by atoms with Gasteiger partial charge in [0.2, 0.25) is 0 Å². The molecule has 1 aromatic carbocycles. The topological polar surface area (TPSA) is 75.7 Å². The highest BCUT2D eigenvalue weighted by Gasteiger charge is 2.64. The van der Waals surface area contributed by atoms with Crippen LogP contribution in [0.4, 0.5) is 0 Å². The Morgan fingerprint density at radius 2 is 1.83 bits per heavy atom. The fraction of sp³-hybridized carbons (Fsp3) is 0.500. The molecular weight excluding hydrogens is 308 g/mol. The van der Waals surface area contributed by atoms with Crippen molar-refractivity contribution in [3.63, 3.8) is 0 Å². The van der Waals surface area contributed by atoms with Crippen LogP contribution in [0.1, 0.15) is 44.0 Å². The first kappa shape index (κ1) is 16.5. The van der Waals surface area contributed by atoms with Crippen LogP contribution < -0.4 is 10.2 Å². The summed E-state index contributed by atoms with van der Waals surface area (Å²) in [6, 6.07) is 6.49. The van der Waals surface area contributed by atoms with Gasteiger partial charge in [-0.3, -0.25) is 19.8 Å². The Labute approximate surface area is 141 Å². The number of fused-ring (bicyclic) bond motifs is 2. The highest BCUT2D eigenvalue weighted by molar-refractivity contribution is 6.06. The van der Waals surface area contributed by atoms with Crippen molar-refractivity contribution in [2.45, 2.75) is 33.6 Å². The van der Waals surface area contributed by atoms with E-state index in [0.29, 0.717) is 24.2 Å². The first-order valence-electron chi connectivity index (χ1n) is 8.06. The number of hydrogen-bond acceptors (Lipinski definition) is 4. The minimum Gasteiger partial charge on any atom is -0.497 e. The second-order valence-corrected chi connectivity index (χ2v) is 7.29. The Hall–Kier alpha value is -2.37. The first-order chi connectivity index (χ1) is 11.2. The van der Waals surface area contributed by atoms with Crippen LogP contribution in [0.2, 0.25) is 0 Å². The molecule has 6 heteroatoms. The van der Waals surface area contributed by atoms with Crippen LogP contribution in [0.25, 0.3) is 0 Å². The number of imide groups is 1. The lowest BCUT2D eigenvalue weighted by Gasteiger charge is -2.47. The van der Waals surface area contributed by atoms with Gasteiger partial charge < -0.3 is 4.74 Å². The molecule has 0 aromatic heterocycles. The molecule has 1 saturated heterocycles. The molecule has 1 heterocycles. The Morgan fingerprint density at radius 1 is 1.21 bits per heavy atom. The van der Waals surface area contributed by atoms with Gasteiger partial charge in [0.15, 0.2) is 0 Å². The van der Waals surface area contributed by atoms with E-state index in [0.717, 1.165) is 5.01 Å². The van der Waals surface area contributed by atoms with Gasteiger partial charge >= 0.3 is 0 Å².